The van der Waals surface area contributed by atoms with Crippen LogP contribution in [-0.4, -0.2) is 17.4 Å². The predicted octanol–water partition coefficient (Wildman–Crippen LogP) is 2.44. The van der Waals surface area contributed by atoms with Gasteiger partial charge in [-0.1, -0.05) is 18.5 Å². The quantitative estimate of drug-likeness (QED) is 0.820. The number of hydrogen-bond donors (Lipinski definition) is 2. The Morgan fingerprint density at radius 1 is 1.59 bits per heavy atom. The van der Waals surface area contributed by atoms with Crippen LogP contribution in [0.25, 0.3) is 0 Å². The van der Waals surface area contributed by atoms with Crippen LogP contribution in [0, 0.1) is 5.92 Å². The Morgan fingerprint density at radius 3 is 3.00 bits per heavy atom. The van der Waals surface area contributed by atoms with Crippen molar-refractivity contribution < 1.29 is 4.79 Å². The molecule has 94 valence electrons. The molecule has 5 heteroatoms. The van der Waals surface area contributed by atoms with Crippen molar-refractivity contribution in [2.45, 2.75) is 26.2 Å². The van der Waals surface area contributed by atoms with Gasteiger partial charge >= 0.3 is 0 Å². The molecule has 0 fully saturated rings. The molecule has 0 aliphatic rings. The number of carbonyl (C=O) groups excluding carboxylic acids is 1. The molecule has 1 atom stereocenters. The molecule has 0 radical (unpaired) electrons. The fraction of sp³-hybridized carbons (Fsp3) is 0.500. The fourth-order valence-electron chi connectivity index (χ4n) is 1.48. The summed E-state index contributed by atoms with van der Waals surface area (Å²) >= 11 is 5.79. The summed E-state index contributed by atoms with van der Waals surface area (Å²) in [6.07, 6.45) is 3.83. The molecule has 0 bridgehead atoms. The summed E-state index contributed by atoms with van der Waals surface area (Å²) in [5.74, 6) is 0.927. The van der Waals surface area contributed by atoms with Crippen molar-refractivity contribution in [1.29, 1.82) is 0 Å². The Balaban J connectivity index is 2.34. The van der Waals surface area contributed by atoms with Gasteiger partial charge in [-0.25, -0.2) is 4.98 Å². The van der Waals surface area contributed by atoms with E-state index in [0.717, 1.165) is 12.8 Å². The van der Waals surface area contributed by atoms with Crippen molar-refractivity contribution >= 4 is 23.3 Å². The number of nitrogens with two attached hydrogens (primary N) is 1. The first-order valence-electron chi connectivity index (χ1n) is 5.73. The third-order valence-electron chi connectivity index (χ3n) is 2.51. The average Bonchev–Trinajstić information content (AvgIpc) is 2.27. The van der Waals surface area contributed by atoms with Crippen LogP contribution in [0.15, 0.2) is 18.3 Å². The molecule has 3 N–H and O–H groups in total. The zero-order valence-electron chi connectivity index (χ0n) is 9.95. The third-order valence-corrected chi connectivity index (χ3v) is 2.75. The number of nitrogens with one attached hydrogen (secondary N) is 1. The summed E-state index contributed by atoms with van der Waals surface area (Å²) in [5.41, 5.74) is 5.45. The van der Waals surface area contributed by atoms with E-state index in [1.807, 2.05) is 0 Å². The van der Waals surface area contributed by atoms with E-state index in [1.54, 1.807) is 18.3 Å². The number of halogens is 1. The maximum absolute atomic E-state index is 11.6. The highest BCUT2D eigenvalue weighted by Gasteiger charge is 2.07. The van der Waals surface area contributed by atoms with Gasteiger partial charge in [0.25, 0.3) is 0 Å². The van der Waals surface area contributed by atoms with Gasteiger partial charge in [0.1, 0.15) is 5.82 Å². The second kappa shape index (κ2) is 7.25. The molecule has 0 aliphatic carbocycles. The summed E-state index contributed by atoms with van der Waals surface area (Å²) in [6, 6.07) is 3.29. The van der Waals surface area contributed by atoms with Gasteiger partial charge in [-0.3, -0.25) is 4.79 Å². The second-order valence-corrected chi connectivity index (χ2v) is 4.57. The highest BCUT2D eigenvalue weighted by Crippen LogP contribution is 2.13. The summed E-state index contributed by atoms with van der Waals surface area (Å²) in [5, 5.41) is 3.28. The molecule has 0 saturated heterocycles. The molecule has 4 nitrogen and oxygen atoms in total. The normalized spacial score (nSPS) is 12.2. The van der Waals surface area contributed by atoms with Crippen LogP contribution in [-0.2, 0) is 4.79 Å². The van der Waals surface area contributed by atoms with Gasteiger partial charge < -0.3 is 11.1 Å². The largest absolute Gasteiger partial charge is 0.330 e. The number of carbonyl (C=O) groups is 1. The summed E-state index contributed by atoms with van der Waals surface area (Å²) in [7, 11) is 0. The van der Waals surface area contributed by atoms with E-state index >= 15 is 0 Å². The van der Waals surface area contributed by atoms with Crippen LogP contribution in [0.5, 0.6) is 0 Å². The first kappa shape index (κ1) is 13.9. The molecule has 17 heavy (non-hydrogen) atoms. The van der Waals surface area contributed by atoms with Crippen molar-refractivity contribution in [2.75, 3.05) is 11.9 Å². The van der Waals surface area contributed by atoms with Gasteiger partial charge in [-0.15, -0.1) is 0 Å². The number of amides is 1. The lowest BCUT2D eigenvalue weighted by molar-refractivity contribution is -0.116. The molecule has 0 aromatic carbocycles. The van der Waals surface area contributed by atoms with Gasteiger partial charge in [0, 0.05) is 17.6 Å². The molecule has 1 unspecified atom stereocenters. The maximum Gasteiger partial charge on any atom is 0.225 e. The van der Waals surface area contributed by atoms with Crippen molar-refractivity contribution in [3.05, 3.63) is 23.4 Å². The van der Waals surface area contributed by atoms with Crippen molar-refractivity contribution in [2.24, 2.45) is 11.7 Å². The number of nitrogens with zero attached hydrogens (tertiary/aromatic N) is 1. The molecule has 0 spiro atoms. The van der Waals surface area contributed by atoms with Gasteiger partial charge in [0.2, 0.25) is 5.91 Å². The standard InChI is InChI=1S/C12H18ClN3O/c1-9(4-6-14)2-3-12(17)16-11-8-10(13)5-7-15-11/h5,7-9H,2-4,6,14H2,1H3,(H,15,16,17). The molecule has 1 aromatic rings. The van der Waals surface area contributed by atoms with Crippen LogP contribution in [0.1, 0.15) is 26.2 Å². The molecular weight excluding hydrogens is 238 g/mol. The lowest BCUT2D eigenvalue weighted by Crippen LogP contribution is -2.14. The number of hydrogen-bond acceptors (Lipinski definition) is 3. The molecule has 1 rings (SSSR count). The summed E-state index contributed by atoms with van der Waals surface area (Å²) in [6.45, 7) is 2.76. The van der Waals surface area contributed by atoms with Crippen LogP contribution < -0.4 is 11.1 Å². The molecule has 1 heterocycles. The molecule has 1 aromatic heterocycles. The van der Waals surface area contributed by atoms with E-state index in [0.29, 0.717) is 29.7 Å². The molecule has 0 saturated carbocycles. The van der Waals surface area contributed by atoms with E-state index in [-0.39, 0.29) is 5.91 Å². The fourth-order valence-corrected chi connectivity index (χ4v) is 1.64. The first-order valence-corrected chi connectivity index (χ1v) is 6.11. The minimum atomic E-state index is -0.0383. The van der Waals surface area contributed by atoms with Gasteiger partial charge in [-0.05, 0) is 37.4 Å². The second-order valence-electron chi connectivity index (χ2n) is 4.13. The first-order chi connectivity index (χ1) is 8.11. The number of rotatable bonds is 6. The topological polar surface area (TPSA) is 68.0 Å². The van der Waals surface area contributed by atoms with Crippen molar-refractivity contribution in [3.63, 3.8) is 0 Å². The average molecular weight is 256 g/mol. The molecule has 0 aliphatic heterocycles. The summed E-state index contributed by atoms with van der Waals surface area (Å²) in [4.78, 5) is 15.6. The zero-order chi connectivity index (χ0) is 12.7. The Bertz CT molecular complexity index is 371. The lowest BCUT2D eigenvalue weighted by Gasteiger charge is -2.09. The van der Waals surface area contributed by atoms with E-state index in [1.165, 1.54) is 0 Å². The molecular formula is C12H18ClN3O. The highest BCUT2D eigenvalue weighted by atomic mass is 35.5. The van der Waals surface area contributed by atoms with Crippen LogP contribution in [0.3, 0.4) is 0 Å². The lowest BCUT2D eigenvalue weighted by atomic mass is 10.0. The highest BCUT2D eigenvalue weighted by molar-refractivity contribution is 6.30. The van der Waals surface area contributed by atoms with E-state index in [9.17, 15) is 4.79 Å². The summed E-state index contributed by atoms with van der Waals surface area (Å²) < 4.78 is 0. The van der Waals surface area contributed by atoms with Crippen molar-refractivity contribution in [1.82, 2.24) is 4.98 Å². The maximum atomic E-state index is 11.6. The third kappa shape index (κ3) is 5.65. The number of aromatic nitrogens is 1. The van der Waals surface area contributed by atoms with E-state index < -0.39 is 0 Å². The van der Waals surface area contributed by atoms with Crippen LogP contribution in [0.2, 0.25) is 5.02 Å². The van der Waals surface area contributed by atoms with Gasteiger partial charge in [0.15, 0.2) is 0 Å². The van der Waals surface area contributed by atoms with Crippen molar-refractivity contribution in [3.8, 4) is 0 Å². The van der Waals surface area contributed by atoms with E-state index in [4.69, 9.17) is 17.3 Å². The smallest absolute Gasteiger partial charge is 0.225 e. The minimum Gasteiger partial charge on any atom is -0.330 e. The Hall–Kier alpha value is -1.13. The zero-order valence-corrected chi connectivity index (χ0v) is 10.7. The Morgan fingerprint density at radius 2 is 2.35 bits per heavy atom. The number of anilines is 1. The molecule has 1 amide bonds. The van der Waals surface area contributed by atoms with E-state index in [2.05, 4.69) is 17.2 Å². The van der Waals surface area contributed by atoms with Gasteiger partial charge in [-0.2, -0.15) is 0 Å². The monoisotopic (exact) mass is 255 g/mol. The van der Waals surface area contributed by atoms with Crippen LogP contribution >= 0.6 is 11.6 Å². The SMILES string of the molecule is CC(CCN)CCC(=O)Nc1cc(Cl)ccn1. The van der Waals surface area contributed by atoms with Crippen LogP contribution in [0.4, 0.5) is 5.82 Å². The minimum absolute atomic E-state index is 0.0383. The Labute approximate surface area is 107 Å². The number of pyridine rings is 1. The predicted molar refractivity (Wildman–Crippen MR) is 69.9 cm³/mol. The van der Waals surface area contributed by atoms with Gasteiger partial charge in [0.05, 0.1) is 0 Å². The Kier molecular flexibility index (Phi) is 5.94.